The number of nitrogens with zero attached hydrogens (tertiary/aromatic N) is 4. The second-order valence-corrected chi connectivity index (χ2v) is 4.50. The summed E-state index contributed by atoms with van der Waals surface area (Å²) < 4.78 is 0. The van der Waals surface area contributed by atoms with Gasteiger partial charge in [0.15, 0.2) is 11.6 Å². The third kappa shape index (κ3) is 3.00. The molecule has 2 rings (SSSR count). The summed E-state index contributed by atoms with van der Waals surface area (Å²) in [5.41, 5.74) is 7.37. The van der Waals surface area contributed by atoms with Crippen molar-refractivity contribution in [3.63, 3.8) is 0 Å². The second kappa shape index (κ2) is 6.31. The van der Waals surface area contributed by atoms with Crippen LogP contribution < -0.4 is 11.1 Å². The summed E-state index contributed by atoms with van der Waals surface area (Å²) in [6.45, 7) is 4.09. The highest BCUT2D eigenvalue weighted by atomic mass is 16.3. The largest absolute Gasteiger partial charge is 0.493 e. The van der Waals surface area contributed by atoms with Gasteiger partial charge in [-0.05, 0) is 13.3 Å². The number of aromatic hydroxyl groups is 1. The molecule has 0 atom stereocenters. The van der Waals surface area contributed by atoms with Gasteiger partial charge in [0.05, 0.1) is 23.7 Å². The lowest BCUT2D eigenvalue weighted by Gasteiger charge is -2.13. The third-order valence-corrected chi connectivity index (χ3v) is 2.96. The molecular weight excluding hydrogens is 272 g/mol. The number of aromatic nitrogens is 4. The van der Waals surface area contributed by atoms with Crippen LogP contribution in [0.4, 0.5) is 11.5 Å². The molecule has 0 aliphatic rings. The van der Waals surface area contributed by atoms with E-state index in [1.807, 2.05) is 6.92 Å². The maximum Gasteiger partial charge on any atom is 0.225 e. The number of nitrogen functional groups attached to an aromatic ring is 1. The summed E-state index contributed by atoms with van der Waals surface area (Å²) in [6.07, 6.45) is 2.15. The molecule has 2 aromatic rings. The number of nitrogens with two attached hydrogens (primary N) is 1. The van der Waals surface area contributed by atoms with Gasteiger partial charge in [-0.3, -0.25) is 0 Å². The average Bonchev–Trinajstić information content (AvgIpc) is 2.47. The van der Waals surface area contributed by atoms with E-state index in [4.69, 9.17) is 5.73 Å². The van der Waals surface area contributed by atoms with Crippen LogP contribution in [0.15, 0.2) is 6.33 Å². The van der Waals surface area contributed by atoms with Crippen molar-refractivity contribution in [1.29, 1.82) is 0 Å². The van der Waals surface area contributed by atoms with E-state index in [9.17, 15) is 10.2 Å². The molecule has 2 heterocycles. The SMILES string of the molecule is CCCNc1nc(-c2c(C)ncnc2O)nc(CO)c1N. The maximum absolute atomic E-state index is 9.90. The number of aliphatic hydroxyl groups is 1. The van der Waals surface area contributed by atoms with Crippen LogP contribution in [0.25, 0.3) is 11.4 Å². The van der Waals surface area contributed by atoms with E-state index in [0.717, 1.165) is 6.42 Å². The highest BCUT2D eigenvalue weighted by Crippen LogP contribution is 2.30. The predicted molar refractivity (Wildman–Crippen MR) is 78.6 cm³/mol. The van der Waals surface area contributed by atoms with Gasteiger partial charge < -0.3 is 21.3 Å². The number of aryl methyl sites for hydroxylation is 1. The maximum atomic E-state index is 9.90. The zero-order valence-electron chi connectivity index (χ0n) is 12.0. The molecule has 0 saturated heterocycles. The zero-order chi connectivity index (χ0) is 15.4. The summed E-state index contributed by atoms with van der Waals surface area (Å²) in [5.74, 6) is 0.439. The summed E-state index contributed by atoms with van der Waals surface area (Å²) in [4.78, 5) is 16.3. The van der Waals surface area contributed by atoms with E-state index in [-0.39, 0.29) is 18.3 Å². The molecule has 8 heteroatoms. The van der Waals surface area contributed by atoms with Crippen molar-refractivity contribution in [3.8, 4) is 17.3 Å². The molecule has 0 aliphatic heterocycles. The predicted octanol–water partition coefficient (Wildman–Crippen LogP) is 0.844. The van der Waals surface area contributed by atoms with E-state index in [1.54, 1.807) is 6.92 Å². The highest BCUT2D eigenvalue weighted by molar-refractivity contribution is 5.71. The Hall–Kier alpha value is -2.48. The minimum absolute atomic E-state index is 0.211. The van der Waals surface area contributed by atoms with Crippen LogP contribution in [0, 0.1) is 6.92 Å². The first-order chi connectivity index (χ1) is 10.1. The molecule has 0 bridgehead atoms. The molecule has 0 spiro atoms. The summed E-state index contributed by atoms with van der Waals surface area (Å²) >= 11 is 0. The molecule has 5 N–H and O–H groups in total. The van der Waals surface area contributed by atoms with Gasteiger partial charge in [-0.25, -0.2) is 19.9 Å². The molecule has 0 radical (unpaired) electrons. The van der Waals surface area contributed by atoms with Gasteiger partial charge in [-0.1, -0.05) is 6.92 Å². The number of hydrogen-bond donors (Lipinski definition) is 4. The van der Waals surface area contributed by atoms with Crippen molar-refractivity contribution in [2.45, 2.75) is 26.9 Å². The Morgan fingerprint density at radius 3 is 2.67 bits per heavy atom. The first kappa shape index (κ1) is 14.9. The average molecular weight is 290 g/mol. The van der Waals surface area contributed by atoms with E-state index < -0.39 is 0 Å². The first-order valence-corrected chi connectivity index (χ1v) is 6.60. The molecule has 112 valence electrons. The molecule has 0 amide bonds. The van der Waals surface area contributed by atoms with Gasteiger partial charge in [0.2, 0.25) is 5.88 Å². The van der Waals surface area contributed by atoms with Crippen molar-refractivity contribution in [3.05, 3.63) is 17.7 Å². The van der Waals surface area contributed by atoms with Gasteiger partial charge >= 0.3 is 0 Å². The number of hydrogen-bond acceptors (Lipinski definition) is 8. The Kier molecular flexibility index (Phi) is 4.49. The molecule has 0 aromatic carbocycles. The van der Waals surface area contributed by atoms with Gasteiger partial charge in [-0.15, -0.1) is 0 Å². The fraction of sp³-hybridized carbons (Fsp3) is 0.385. The smallest absolute Gasteiger partial charge is 0.225 e. The summed E-state index contributed by atoms with van der Waals surface area (Å²) in [5, 5.41) is 22.4. The lowest BCUT2D eigenvalue weighted by molar-refractivity contribution is 0.277. The van der Waals surface area contributed by atoms with Crippen molar-refractivity contribution >= 4 is 11.5 Å². The van der Waals surface area contributed by atoms with Crippen LogP contribution in [0.5, 0.6) is 5.88 Å². The Labute approximate surface area is 122 Å². The van der Waals surface area contributed by atoms with Crippen molar-refractivity contribution in [1.82, 2.24) is 19.9 Å². The van der Waals surface area contributed by atoms with Gasteiger partial charge in [0, 0.05) is 6.54 Å². The molecule has 2 aromatic heterocycles. The van der Waals surface area contributed by atoms with Gasteiger partial charge in [0.1, 0.15) is 11.9 Å². The van der Waals surface area contributed by atoms with E-state index >= 15 is 0 Å². The van der Waals surface area contributed by atoms with E-state index in [2.05, 4.69) is 25.3 Å². The van der Waals surface area contributed by atoms with Crippen molar-refractivity contribution < 1.29 is 10.2 Å². The van der Waals surface area contributed by atoms with Crippen molar-refractivity contribution in [2.75, 3.05) is 17.6 Å². The van der Waals surface area contributed by atoms with Gasteiger partial charge in [-0.2, -0.15) is 0 Å². The quantitative estimate of drug-likeness (QED) is 0.637. The van der Waals surface area contributed by atoms with Crippen LogP contribution in [-0.2, 0) is 6.61 Å². The first-order valence-electron chi connectivity index (χ1n) is 6.60. The molecule has 0 aliphatic carbocycles. The minimum atomic E-state index is -0.324. The minimum Gasteiger partial charge on any atom is -0.493 e. The zero-order valence-corrected chi connectivity index (χ0v) is 12.0. The summed E-state index contributed by atoms with van der Waals surface area (Å²) in [6, 6.07) is 0. The third-order valence-electron chi connectivity index (χ3n) is 2.96. The number of nitrogens with one attached hydrogen (secondary N) is 1. The molecule has 0 fully saturated rings. The second-order valence-electron chi connectivity index (χ2n) is 4.50. The van der Waals surface area contributed by atoms with Crippen LogP contribution in [0.2, 0.25) is 0 Å². The number of aliphatic hydroxyl groups excluding tert-OH is 1. The molecule has 21 heavy (non-hydrogen) atoms. The van der Waals surface area contributed by atoms with Crippen molar-refractivity contribution in [2.24, 2.45) is 0 Å². The Morgan fingerprint density at radius 2 is 2.05 bits per heavy atom. The molecular formula is C13H18N6O2. The summed E-state index contributed by atoms with van der Waals surface area (Å²) in [7, 11) is 0. The molecule has 0 unspecified atom stereocenters. The number of rotatable bonds is 5. The molecule has 0 saturated carbocycles. The van der Waals surface area contributed by atoms with E-state index in [0.29, 0.717) is 35.0 Å². The van der Waals surface area contributed by atoms with Crippen LogP contribution in [0.1, 0.15) is 24.7 Å². The molecule has 8 nitrogen and oxygen atoms in total. The fourth-order valence-corrected chi connectivity index (χ4v) is 1.85. The fourth-order valence-electron chi connectivity index (χ4n) is 1.85. The van der Waals surface area contributed by atoms with E-state index in [1.165, 1.54) is 6.33 Å². The van der Waals surface area contributed by atoms with Crippen LogP contribution >= 0.6 is 0 Å². The van der Waals surface area contributed by atoms with Crippen LogP contribution in [-0.4, -0.2) is 36.7 Å². The number of anilines is 2. The Morgan fingerprint density at radius 1 is 1.29 bits per heavy atom. The van der Waals surface area contributed by atoms with Gasteiger partial charge in [0.25, 0.3) is 0 Å². The lowest BCUT2D eigenvalue weighted by atomic mass is 10.2. The van der Waals surface area contributed by atoms with Crippen LogP contribution in [0.3, 0.4) is 0 Å². The Bertz CT molecular complexity index is 627. The Balaban J connectivity index is 2.58. The topological polar surface area (TPSA) is 130 Å². The lowest BCUT2D eigenvalue weighted by Crippen LogP contribution is -2.11. The highest BCUT2D eigenvalue weighted by Gasteiger charge is 2.17. The standard InChI is InChI=1S/C13H18N6O2/c1-3-4-15-12-10(14)8(5-20)18-11(19-12)9-7(2)16-6-17-13(9)21/h6,20H,3-5,14H2,1-2H3,(H,15,18,19)(H,16,17,21). The normalized spacial score (nSPS) is 10.6. The monoisotopic (exact) mass is 290 g/mol.